The topological polar surface area (TPSA) is 41.6 Å². The molecule has 2 rings (SSSR count). The van der Waals surface area contributed by atoms with Crippen molar-refractivity contribution in [3.63, 3.8) is 0 Å². The first-order chi connectivity index (χ1) is 8.69. The molecule has 1 unspecified atom stereocenters. The Morgan fingerprint density at radius 1 is 1.39 bits per heavy atom. The Kier molecular flexibility index (Phi) is 4.20. The number of rotatable bonds is 3. The van der Waals surface area contributed by atoms with Crippen molar-refractivity contribution in [2.24, 2.45) is 0 Å². The minimum absolute atomic E-state index is 0.293. The molecule has 0 aliphatic carbocycles. The van der Waals surface area contributed by atoms with Gasteiger partial charge in [-0.15, -0.1) is 0 Å². The van der Waals surface area contributed by atoms with Crippen LogP contribution in [-0.2, 0) is 4.74 Å². The van der Waals surface area contributed by atoms with Crippen LogP contribution in [0.2, 0.25) is 0 Å². The highest BCUT2D eigenvalue weighted by atomic mass is 16.5. The lowest BCUT2D eigenvalue weighted by Gasteiger charge is -2.30. The maximum absolute atomic E-state index is 11.3. The molecule has 1 aromatic rings. The van der Waals surface area contributed by atoms with Crippen LogP contribution in [0.5, 0.6) is 0 Å². The van der Waals surface area contributed by atoms with E-state index in [9.17, 15) is 4.79 Å². The van der Waals surface area contributed by atoms with Crippen molar-refractivity contribution in [1.82, 2.24) is 4.90 Å². The fourth-order valence-electron chi connectivity index (χ4n) is 2.34. The third kappa shape index (κ3) is 3.23. The molecule has 18 heavy (non-hydrogen) atoms. The molecule has 0 saturated carbocycles. The number of hydrogen-bond donors (Lipinski definition) is 1. The molecule has 0 radical (unpaired) electrons. The number of anilines is 1. The van der Waals surface area contributed by atoms with Gasteiger partial charge in [-0.3, -0.25) is 0 Å². The molecule has 0 bridgehead atoms. The molecule has 1 heterocycles. The van der Waals surface area contributed by atoms with Crippen molar-refractivity contribution in [1.29, 1.82) is 0 Å². The number of likely N-dealkylation sites (tertiary alicyclic amines) is 1. The Bertz CT molecular complexity index is 403. The summed E-state index contributed by atoms with van der Waals surface area (Å²) in [6.07, 6.45) is 2.43. The first kappa shape index (κ1) is 12.9. The predicted octanol–water partition coefficient (Wildman–Crippen LogP) is 1.98. The predicted molar refractivity (Wildman–Crippen MR) is 71.9 cm³/mol. The third-order valence-electron chi connectivity index (χ3n) is 3.30. The zero-order valence-electron chi connectivity index (χ0n) is 11.0. The van der Waals surface area contributed by atoms with Crippen molar-refractivity contribution in [3.8, 4) is 0 Å². The Balaban J connectivity index is 1.95. The van der Waals surface area contributed by atoms with E-state index in [1.165, 1.54) is 26.5 Å². The Morgan fingerprint density at radius 2 is 2.11 bits per heavy atom. The van der Waals surface area contributed by atoms with Gasteiger partial charge < -0.3 is 15.0 Å². The van der Waals surface area contributed by atoms with E-state index in [0.717, 1.165) is 12.2 Å². The Hall–Kier alpha value is -1.55. The third-order valence-corrected chi connectivity index (χ3v) is 3.30. The summed E-state index contributed by atoms with van der Waals surface area (Å²) in [7, 11) is 3.54. The number of ether oxygens (including phenoxy) is 1. The van der Waals surface area contributed by atoms with Gasteiger partial charge >= 0.3 is 5.97 Å². The molecule has 0 amide bonds. The van der Waals surface area contributed by atoms with Crippen molar-refractivity contribution in [2.45, 2.75) is 18.9 Å². The van der Waals surface area contributed by atoms with Gasteiger partial charge in [-0.05, 0) is 50.7 Å². The SMILES string of the molecule is COC(=O)c1ccc(NC2CCCN(C)C2)cc1. The number of carbonyl (C=O) groups is 1. The number of methoxy groups -OCH3 is 1. The largest absolute Gasteiger partial charge is 0.465 e. The molecule has 98 valence electrons. The molecule has 1 aliphatic rings. The van der Waals surface area contributed by atoms with Crippen LogP contribution in [0.3, 0.4) is 0 Å². The van der Waals surface area contributed by atoms with Crippen LogP contribution in [0, 0.1) is 0 Å². The van der Waals surface area contributed by atoms with Crippen molar-refractivity contribution in [3.05, 3.63) is 29.8 Å². The second kappa shape index (κ2) is 5.87. The van der Waals surface area contributed by atoms with Gasteiger partial charge in [0.05, 0.1) is 12.7 Å². The summed E-state index contributed by atoms with van der Waals surface area (Å²) in [4.78, 5) is 13.6. The number of carbonyl (C=O) groups excluding carboxylic acids is 1. The van der Waals surface area contributed by atoms with E-state index in [0.29, 0.717) is 11.6 Å². The van der Waals surface area contributed by atoms with Gasteiger partial charge in [0.1, 0.15) is 0 Å². The standard InChI is InChI=1S/C14H20N2O2/c1-16-9-3-4-13(10-16)15-12-7-5-11(6-8-12)14(17)18-2/h5-8,13,15H,3-4,9-10H2,1-2H3. The molecule has 1 N–H and O–H groups in total. The van der Waals surface area contributed by atoms with E-state index in [1.54, 1.807) is 12.1 Å². The normalized spacial score (nSPS) is 20.4. The zero-order chi connectivity index (χ0) is 13.0. The summed E-state index contributed by atoms with van der Waals surface area (Å²) in [5.74, 6) is -0.293. The fraction of sp³-hybridized carbons (Fsp3) is 0.500. The molecular weight excluding hydrogens is 228 g/mol. The van der Waals surface area contributed by atoms with E-state index in [1.807, 2.05) is 12.1 Å². The van der Waals surface area contributed by atoms with E-state index in [-0.39, 0.29) is 5.97 Å². The van der Waals surface area contributed by atoms with Gasteiger partial charge in [-0.1, -0.05) is 0 Å². The number of likely N-dealkylation sites (N-methyl/N-ethyl adjacent to an activating group) is 1. The molecule has 1 fully saturated rings. The summed E-state index contributed by atoms with van der Waals surface area (Å²) >= 11 is 0. The lowest BCUT2D eigenvalue weighted by molar-refractivity contribution is 0.0601. The van der Waals surface area contributed by atoms with Crippen LogP contribution in [0.4, 0.5) is 5.69 Å². The van der Waals surface area contributed by atoms with Crippen LogP contribution < -0.4 is 5.32 Å². The van der Waals surface area contributed by atoms with Crippen molar-refractivity contribution in [2.75, 3.05) is 32.6 Å². The highest BCUT2D eigenvalue weighted by molar-refractivity contribution is 5.89. The summed E-state index contributed by atoms with van der Waals surface area (Å²) in [5.41, 5.74) is 1.65. The first-order valence-electron chi connectivity index (χ1n) is 6.32. The quantitative estimate of drug-likeness (QED) is 0.830. The summed E-state index contributed by atoms with van der Waals surface area (Å²) < 4.78 is 4.67. The molecular formula is C14H20N2O2. The second-order valence-electron chi connectivity index (χ2n) is 4.81. The highest BCUT2D eigenvalue weighted by Gasteiger charge is 2.16. The van der Waals surface area contributed by atoms with Crippen molar-refractivity contribution >= 4 is 11.7 Å². The van der Waals surface area contributed by atoms with E-state index < -0.39 is 0 Å². The second-order valence-corrected chi connectivity index (χ2v) is 4.81. The lowest BCUT2D eigenvalue weighted by Crippen LogP contribution is -2.39. The first-order valence-corrected chi connectivity index (χ1v) is 6.32. The number of esters is 1. The van der Waals surface area contributed by atoms with Gasteiger partial charge in [0, 0.05) is 18.3 Å². The number of hydrogen-bond acceptors (Lipinski definition) is 4. The molecule has 1 atom stereocenters. The average Bonchev–Trinajstić information content (AvgIpc) is 2.39. The number of piperidine rings is 1. The minimum Gasteiger partial charge on any atom is -0.465 e. The molecule has 0 aromatic heterocycles. The fourth-order valence-corrected chi connectivity index (χ4v) is 2.34. The Labute approximate surface area is 108 Å². The number of benzene rings is 1. The van der Waals surface area contributed by atoms with E-state index >= 15 is 0 Å². The zero-order valence-corrected chi connectivity index (χ0v) is 11.0. The molecule has 1 saturated heterocycles. The van der Waals surface area contributed by atoms with Crippen LogP contribution in [0.25, 0.3) is 0 Å². The lowest BCUT2D eigenvalue weighted by atomic mass is 10.1. The number of nitrogens with one attached hydrogen (secondary N) is 1. The monoisotopic (exact) mass is 248 g/mol. The van der Waals surface area contributed by atoms with Crippen LogP contribution >= 0.6 is 0 Å². The van der Waals surface area contributed by atoms with Crippen LogP contribution in [-0.4, -0.2) is 44.2 Å². The summed E-state index contributed by atoms with van der Waals surface area (Å²) in [6, 6.07) is 7.94. The smallest absolute Gasteiger partial charge is 0.337 e. The van der Waals surface area contributed by atoms with Gasteiger partial charge in [0.2, 0.25) is 0 Å². The maximum atomic E-state index is 11.3. The molecule has 4 heteroatoms. The number of nitrogens with zero attached hydrogens (tertiary/aromatic N) is 1. The molecule has 1 aliphatic heterocycles. The summed E-state index contributed by atoms with van der Waals surface area (Å²) in [5, 5.41) is 3.50. The molecule has 1 aromatic carbocycles. The maximum Gasteiger partial charge on any atom is 0.337 e. The summed E-state index contributed by atoms with van der Waals surface area (Å²) in [6.45, 7) is 2.25. The van der Waals surface area contributed by atoms with Crippen molar-refractivity contribution < 1.29 is 9.53 Å². The van der Waals surface area contributed by atoms with Crippen LogP contribution in [0.1, 0.15) is 23.2 Å². The van der Waals surface area contributed by atoms with E-state index in [4.69, 9.17) is 0 Å². The minimum atomic E-state index is -0.293. The molecule has 4 nitrogen and oxygen atoms in total. The van der Waals surface area contributed by atoms with Gasteiger partial charge in [0.15, 0.2) is 0 Å². The van der Waals surface area contributed by atoms with Gasteiger partial charge in [0.25, 0.3) is 0 Å². The van der Waals surface area contributed by atoms with Crippen LogP contribution in [0.15, 0.2) is 24.3 Å². The highest BCUT2D eigenvalue weighted by Crippen LogP contribution is 2.16. The van der Waals surface area contributed by atoms with Gasteiger partial charge in [-0.2, -0.15) is 0 Å². The Morgan fingerprint density at radius 3 is 2.72 bits per heavy atom. The molecule has 0 spiro atoms. The average molecular weight is 248 g/mol. The van der Waals surface area contributed by atoms with Gasteiger partial charge in [-0.25, -0.2) is 4.79 Å². The van der Waals surface area contributed by atoms with E-state index in [2.05, 4.69) is 22.0 Å².